The van der Waals surface area contributed by atoms with E-state index in [-0.39, 0.29) is 11.9 Å². The van der Waals surface area contributed by atoms with Crippen LogP contribution in [0.15, 0.2) is 24.4 Å². The molecule has 2 aromatic rings. The Morgan fingerprint density at radius 2 is 2.14 bits per heavy atom. The average molecular weight is 310 g/mol. The Morgan fingerprint density at radius 1 is 1.38 bits per heavy atom. The maximum Gasteiger partial charge on any atom is 0.131 e. The van der Waals surface area contributed by atoms with Gasteiger partial charge in [-0.1, -0.05) is 36.7 Å². The molecule has 0 saturated carbocycles. The molecular formula is C16H21ClFN3. The molecular weight excluding hydrogens is 289 g/mol. The zero-order chi connectivity index (χ0) is 15.4. The Balaban J connectivity index is 2.52. The first-order chi connectivity index (χ1) is 10.1. The molecule has 5 heteroatoms. The summed E-state index contributed by atoms with van der Waals surface area (Å²) < 4.78 is 16.3. The Kier molecular flexibility index (Phi) is 5.37. The average Bonchev–Trinajstić information content (AvgIpc) is 2.85. The minimum Gasteiger partial charge on any atom is -0.305 e. The molecule has 0 fully saturated rings. The molecule has 1 atom stereocenters. The fraction of sp³-hybridized carbons (Fsp3) is 0.438. The number of benzene rings is 1. The van der Waals surface area contributed by atoms with E-state index in [4.69, 9.17) is 11.6 Å². The summed E-state index contributed by atoms with van der Waals surface area (Å²) in [6, 6.07) is 5.15. The lowest BCUT2D eigenvalue weighted by Crippen LogP contribution is -2.27. The van der Waals surface area contributed by atoms with Crippen molar-refractivity contribution in [2.75, 3.05) is 6.54 Å². The van der Waals surface area contributed by atoms with Crippen LogP contribution in [0.2, 0.25) is 5.02 Å². The maximum absolute atomic E-state index is 14.5. The summed E-state index contributed by atoms with van der Waals surface area (Å²) in [6.45, 7) is 7.32. The number of hydrogen-bond acceptors (Lipinski definition) is 2. The van der Waals surface area contributed by atoms with Gasteiger partial charge in [0.1, 0.15) is 5.82 Å². The van der Waals surface area contributed by atoms with Gasteiger partial charge in [0.15, 0.2) is 0 Å². The van der Waals surface area contributed by atoms with E-state index in [2.05, 4.69) is 17.3 Å². The maximum atomic E-state index is 14.5. The highest BCUT2D eigenvalue weighted by atomic mass is 35.5. The highest BCUT2D eigenvalue weighted by Gasteiger charge is 2.24. The number of hydrogen-bond donors (Lipinski definition) is 1. The normalized spacial score (nSPS) is 12.6. The minimum atomic E-state index is -0.292. The van der Waals surface area contributed by atoms with Gasteiger partial charge in [0.2, 0.25) is 0 Å². The number of halogens is 2. The number of aromatic nitrogens is 2. The number of nitrogens with one attached hydrogen (secondary N) is 1. The molecule has 1 aromatic heterocycles. The smallest absolute Gasteiger partial charge is 0.131 e. The molecule has 1 heterocycles. The third-order valence-corrected chi connectivity index (χ3v) is 3.83. The second-order valence-electron chi connectivity index (χ2n) is 5.06. The summed E-state index contributed by atoms with van der Waals surface area (Å²) in [7, 11) is 0. The molecule has 0 bridgehead atoms. The monoisotopic (exact) mass is 309 g/mol. The van der Waals surface area contributed by atoms with Gasteiger partial charge in [0.05, 0.1) is 23.0 Å². The van der Waals surface area contributed by atoms with E-state index in [9.17, 15) is 4.39 Å². The van der Waals surface area contributed by atoms with Gasteiger partial charge in [0, 0.05) is 12.1 Å². The lowest BCUT2D eigenvalue weighted by atomic mass is 10.00. The minimum absolute atomic E-state index is 0.189. The van der Waals surface area contributed by atoms with Crippen molar-refractivity contribution in [3.8, 4) is 0 Å². The molecule has 1 N–H and O–H groups in total. The van der Waals surface area contributed by atoms with E-state index in [1.165, 1.54) is 0 Å². The summed E-state index contributed by atoms with van der Waals surface area (Å²) in [5.41, 5.74) is 2.06. The second kappa shape index (κ2) is 7.05. The molecule has 0 spiro atoms. The summed E-state index contributed by atoms with van der Waals surface area (Å²) in [5, 5.41) is 8.21. The fourth-order valence-electron chi connectivity index (χ4n) is 2.45. The Bertz CT molecular complexity index is 610. The van der Waals surface area contributed by atoms with Crippen LogP contribution in [0.25, 0.3) is 0 Å². The molecule has 0 aliphatic heterocycles. The fourth-order valence-corrected chi connectivity index (χ4v) is 2.70. The van der Waals surface area contributed by atoms with Crippen LogP contribution in [0, 0.1) is 12.7 Å². The summed E-state index contributed by atoms with van der Waals surface area (Å²) in [6.07, 6.45) is 2.58. The lowest BCUT2D eigenvalue weighted by Gasteiger charge is -2.22. The molecule has 0 aliphatic rings. The largest absolute Gasteiger partial charge is 0.305 e. The van der Waals surface area contributed by atoms with E-state index in [1.54, 1.807) is 25.3 Å². The molecule has 0 amide bonds. The predicted molar refractivity (Wildman–Crippen MR) is 84.2 cm³/mol. The second-order valence-corrected chi connectivity index (χ2v) is 5.47. The number of nitrogens with zero attached hydrogens (tertiary/aromatic N) is 2. The van der Waals surface area contributed by atoms with E-state index < -0.39 is 0 Å². The highest BCUT2D eigenvalue weighted by molar-refractivity contribution is 6.31. The third-order valence-electron chi connectivity index (χ3n) is 3.54. The molecule has 114 valence electrons. The topological polar surface area (TPSA) is 29.9 Å². The third kappa shape index (κ3) is 3.27. The molecule has 0 radical (unpaired) electrons. The van der Waals surface area contributed by atoms with Crippen LogP contribution < -0.4 is 5.32 Å². The van der Waals surface area contributed by atoms with Crippen molar-refractivity contribution in [2.24, 2.45) is 0 Å². The highest BCUT2D eigenvalue weighted by Crippen LogP contribution is 2.30. The van der Waals surface area contributed by atoms with Crippen LogP contribution in [-0.4, -0.2) is 16.3 Å². The van der Waals surface area contributed by atoms with Crippen molar-refractivity contribution in [1.82, 2.24) is 15.1 Å². The Hall–Kier alpha value is -1.39. The molecule has 0 aliphatic carbocycles. The quantitative estimate of drug-likeness (QED) is 0.871. The first-order valence-electron chi connectivity index (χ1n) is 7.29. The first-order valence-corrected chi connectivity index (χ1v) is 7.67. The molecule has 2 rings (SSSR count). The Labute approximate surface area is 130 Å². The van der Waals surface area contributed by atoms with Crippen LogP contribution in [0.4, 0.5) is 4.39 Å². The zero-order valence-corrected chi connectivity index (χ0v) is 13.4. The van der Waals surface area contributed by atoms with Crippen molar-refractivity contribution < 1.29 is 4.39 Å². The molecule has 3 nitrogen and oxygen atoms in total. The van der Waals surface area contributed by atoms with Crippen LogP contribution in [0.5, 0.6) is 0 Å². The SMILES string of the molecule is CCCNC(c1cccc(C)c1F)c1c(Cl)cnn1CC. The van der Waals surface area contributed by atoms with Gasteiger partial charge < -0.3 is 5.32 Å². The van der Waals surface area contributed by atoms with Gasteiger partial charge in [-0.15, -0.1) is 0 Å². The summed E-state index contributed by atoms with van der Waals surface area (Å²) >= 11 is 6.29. The van der Waals surface area contributed by atoms with Gasteiger partial charge in [0.25, 0.3) is 0 Å². The standard InChI is InChI=1S/C16H21ClFN3/c1-4-9-19-15(12-8-6-7-11(3)14(12)18)16-13(17)10-20-21(16)5-2/h6-8,10,15,19H,4-5,9H2,1-3H3. The summed E-state index contributed by atoms with van der Waals surface area (Å²) in [4.78, 5) is 0. The van der Waals surface area contributed by atoms with Crippen LogP contribution >= 0.6 is 11.6 Å². The van der Waals surface area contributed by atoms with Crippen LogP contribution in [0.1, 0.15) is 43.1 Å². The van der Waals surface area contributed by atoms with Crippen molar-refractivity contribution in [2.45, 2.75) is 39.8 Å². The van der Waals surface area contributed by atoms with E-state index in [1.807, 2.05) is 17.7 Å². The molecule has 1 unspecified atom stereocenters. The lowest BCUT2D eigenvalue weighted by molar-refractivity contribution is 0.503. The van der Waals surface area contributed by atoms with Gasteiger partial charge in [-0.2, -0.15) is 5.10 Å². The van der Waals surface area contributed by atoms with Gasteiger partial charge in [-0.3, -0.25) is 4.68 Å². The van der Waals surface area contributed by atoms with Crippen molar-refractivity contribution in [3.63, 3.8) is 0 Å². The van der Waals surface area contributed by atoms with Gasteiger partial charge in [-0.05, 0) is 32.4 Å². The zero-order valence-electron chi connectivity index (χ0n) is 12.7. The van der Waals surface area contributed by atoms with E-state index >= 15 is 0 Å². The molecule has 0 saturated heterocycles. The molecule has 21 heavy (non-hydrogen) atoms. The van der Waals surface area contributed by atoms with Crippen molar-refractivity contribution >= 4 is 11.6 Å². The summed E-state index contributed by atoms with van der Waals surface area (Å²) in [5.74, 6) is -0.189. The van der Waals surface area contributed by atoms with E-state index in [0.717, 1.165) is 18.7 Å². The number of rotatable bonds is 6. The number of aryl methyl sites for hydroxylation is 2. The van der Waals surface area contributed by atoms with Crippen LogP contribution in [-0.2, 0) is 6.54 Å². The van der Waals surface area contributed by atoms with Gasteiger partial charge >= 0.3 is 0 Å². The first kappa shape index (κ1) is 16.0. The van der Waals surface area contributed by atoms with Gasteiger partial charge in [-0.25, -0.2) is 4.39 Å². The van der Waals surface area contributed by atoms with Crippen LogP contribution in [0.3, 0.4) is 0 Å². The van der Waals surface area contributed by atoms with E-state index in [0.29, 0.717) is 22.7 Å². The predicted octanol–water partition coefficient (Wildman–Crippen LogP) is 4.09. The van der Waals surface area contributed by atoms with Crippen molar-refractivity contribution in [1.29, 1.82) is 0 Å². The Morgan fingerprint density at radius 3 is 2.81 bits per heavy atom. The van der Waals surface area contributed by atoms with Crippen molar-refractivity contribution in [3.05, 3.63) is 52.1 Å². The molecule has 1 aromatic carbocycles.